The summed E-state index contributed by atoms with van der Waals surface area (Å²) >= 11 is 0. The Morgan fingerprint density at radius 3 is 2.25 bits per heavy atom. The fourth-order valence-electron chi connectivity index (χ4n) is 5.45. The average Bonchev–Trinajstić information content (AvgIpc) is 3.65. The number of carboxylic acids is 1. The zero-order valence-corrected chi connectivity index (χ0v) is 24.4. The number of para-hydroxylation sites is 1. The van der Waals surface area contributed by atoms with Crippen LogP contribution in [-0.2, 0) is 11.3 Å². The molecule has 1 N–H and O–H groups in total. The first-order valence-corrected chi connectivity index (χ1v) is 14.6. The number of rotatable bonds is 9. The second-order valence-electron chi connectivity index (χ2n) is 10.6. The Balaban J connectivity index is 1.08. The van der Waals surface area contributed by atoms with Crippen molar-refractivity contribution in [1.82, 2.24) is 9.88 Å². The van der Waals surface area contributed by atoms with Crippen LogP contribution in [0.1, 0.15) is 41.5 Å². The van der Waals surface area contributed by atoms with Crippen LogP contribution in [0.25, 0.3) is 11.5 Å². The molecule has 5 aromatic rings. The first-order valence-electron chi connectivity index (χ1n) is 14.6. The molecule has 0 saturated carbocycles. The third kappa shape index (κ3) is 6.83. The summed E-state index contributed by atoms with van der Waals surface area (Å²) in [5.41, 5.74) is 3.72. The van der Waals surface area contributed by atoms with Gasteiger partial charge >= 0.3 is 5.97 Å². The van der Waals surface area contributed by atoms with Crippen molar-refractivity contribution >= 4 is 5.97 Å². The van der Waals surface area contributed by atoms with E-state index in [0.717, 1.165) is 40.3 Å². The van der Waals surface area contributed by atoms with Crippen LogP contribution in [0.4, 0.5) is 0 Å². The molecule has 0 aliphatic carbocycles. The highest BCUT2D eigenvalue weighted by Gasteiger charge is 2.38. The van der Waals surface area contributed by atoms with Crippen LogP contribution in [0.2, 0.25) is 0 Å². The Bertz CT molecular complexity index is 1750. The third-order valence-corrected chi connectivity index (χ3v) is 7.66. The molecular weight excluding hydrogens is 552 g/mol. The monoisotopic (exact) mass is 584 g/mol. The molecule has 44 heavy (non-hydrogen) atoms. The highest BCUT2D eigenvalue weighted by molar-refractivity contribution is 5.74. The minimum absolute atomic E-state index is 0.0153. The molecule has 1 saturated heterocycles. The molecule has 0 bridgehead atoms. The van der Waals surface area contributed by atoms with Crippen LogP contribution in [0, 0.1) is 18.8 Å². The summed E-state index contributed by atoms with van der Waals surface area (Å²) in [4.78, 5) is 18.7. The molecular formula is C37H32N2O5. The number of likely N-dealkylation sites (tertiary alicyclic amines) is 1. The van der Waals surface area contributed by atoms with Gasteiger partial charge in [-0.1, -0.05) is 66.6 Å². The van der Waals surface area contributed by atoms with E-state index in [0.29, 0.717) is 30.4 Å². The number of aromatic nitrogens is 1. The highest BCUT2D eigenvalue weighted by atomic mass is 16.5. The molecule has 1 fully saturated rings. The molecule has 0 radical (unpaired) electrons. The lowest BCUT2D eigenvalue weighted by Gasteiger charge is -2.28. The molecule has 1 aliphatic rings. The van der Waals surface area contributed by atoms with Gasteiger partial charge in [0.25, 0.3) is 0 Å². The van der Waals surface area contributed by atoms with Crippen LogP contribution in [0.5, 0.6) is 17.2 Å². The lowest BCUT2D eigenvalue weighted by molar-refractivity contribution is -0.142. The van der Waals surface area contributed by atoms with Gasteiger partial charge < -0.3 is 19.0 Å². The number of hydrogen-bond donors (Lipinski definition) is 1. The van der Waals surface area contributed by atoms with Crippen molar-refractivity contribution < 1.29 is 23.8 Å². The molecule has 0 unspecified atom stereocenters. The van der Waals surface area contributed by atoms with E-state index in [-0.39, 0.29) is 12.6 Å². The van der Waals surface area contributed by atoms with Crippen molar-refractivity contribution in [1.29, 1.82) is 0 Å². The molecule has 7 heteroatoms. The summed E-state index contributed by atoms with van der Waals surface area (Å²) in [5.74, 6) is 8.49. The third-order valence-electron chi connectivity index (χ3n) is 7.66. The van der Waals surface area contributed by atoms with Gasteiger partial charge in [-0.2, -0.15) is 0 Å². The van der Waals surface area contributed by atoms with Gasteiger partial charge in [-0.15, -0.1) is 0 Å². The lowest BCUT2D eigenvalue weighted by Crippen LogP contribution is -2.36. The second-order valence-corrected chi connectivity index (χ2v) is 10.6. The number of hydrogen-bond acceptors (Lipinski definition) is 6. The number of benzene rings is 4. The maximum Gasteiger partial charge on any atom is 0.320 e. The molecule has 0 amide bonds. The van der Waals surface area contributed by atoms with Gasteiger partial charge in [0.05, 0.1) is 5.69 Å². The first kappa shape index (κ1) is 28.8. The highest BCUT2D eigenvalue weighted by Crippen LogP contribution is 2.38. The first-order chi connectivity index (χ1) is 21.5. The van der Waals surface area contributed by atoms with E-state index < -0.39 is 12.0 Å². The zero-order valence-electron chi connectivity index (χ0n) is 24.4. The molecule has 6 rings (SSSR count). The minimum atomic E-state index is -0.798. The van der Waals surface area contributed by atoms with Gasteiger partial charge in [-0.25, -0.2) is 4.98 Å². The molecule has 2 heterocycles. The smallest absolute Gasteiger partial charge is 0.320 e. The van der Waals surface area contributed by atoms with Crippen molar-refractivity contribution in [2.24, 2.45) is 0 Å². The molecule has 220 valence electrons. The number of nitrogens with zero attached hydrogens (tertiary/aromatic N) is 2. The summed E-state index contributed by atoms with van der Waals surface area (Å²) < 4.78 is 17.6. The van der Waals surface area contributed by atoms with E-state index in [1.54, 1.807) is 0 Å². The number of oxazole rings is 1. The second kappa shape index (κ2) is 13.3. The standard InChI is InChI=1S/C37H32N2O5/c1-26-35(44-36(38-26)29-9-4-2-5-10-29)13-8-24-42-30-20-16-28(17-21-30)33-22-23-34(37(40)41)39(33)25-27-14-18-32(19-15-27)43-31-11-6-3-7-12-31/h2-7,9-12,14-21,33-34H,22-25H2,1H3,(H,40,41)/t33-,34-/m1/s1. The van der Waals surface area contributed by atoms with Crippen LogP contribution in [0.3, 0.4) is 0 Å². The topological polar surface area (TPSA) is 85.0 Å². The number of ether oxygens (including phenoxy) is 2. The molecule has 1 aliphatic heterocycles. The number of carboxylic acid groups (broad SMARTS) is 1. The predicted octanol–water partition coefficient (Wildman–Crippen LogP) is 7.66. The summed E-state index contributed by atoms with van der Waals surface area (Å²) in [7, 11) is 0. The van der Waals surface area contributed by atoms with Gasteiger partial charge in [0.1, 0.15) is 29.9 Å². The zero-order chi connectivity index (χ0) is 30.3. The number of carbonyl (C=O) groups is 1. The van der Waals surface area contributed by atoms with E-state index in [9.17, 15) is 9.90 Å². The molecule has 7 nitrogen and oxygen atoms in total. The Labute approximate surface area is 256 Å². The SMILES string of the molecule is Cc1nc(-c2ccccc2)oc1C#CCOc1ccc([C@H]2CC[C@H](C(=O)O)N2Cc2ccc(Oc3ccccc3)cc2)cc1. The lowest BCUT2D eigenvalue weighted by atomic mass is 10.0. The predicted molar refractivity (Wildman–Crippen MR) is 167 cm³/mol. The Hall–Kier alpha value is -5.32. The van der Waals surface area contributed by atoms with E-state index in [4.69, 9.17) is 13.9 Å². The van der Waals surface area contributed by atoms with Gasteiger partial charge in [-0.05, 0) is 85.3 Å². The maximum atomic E-state index is 12.1. The van der Waals surface area contributed by atoms with Gasteiger partial charge in [0.2, 0.25) is 11.7 Å². The summed E-state index contributed by atoms with van der Waals surface area (Å²) in [6.45, 7) is 2.59. The Kier molecular flexibility index (Phi) is 8.72. The van der Waals surface area contributed by atoms with Gasteiger partial charge in [0, 0.05) is 18.2 Å². The van der Waals surface area contributed by atoms with Crippen LogP contribution in [0.15, 0.2) is 114 Å². The normalized spacial score (nSPS) is 16.2. The van der Waals surface area contributed by atoms with Crippen molar-refractivity contribution in [3.05, 3.63) is 132 Å². The number of aryl methyl sites for hydroxylation is 1. The average molecular weight is 585 g/mol. The van der Waals surface area contributed by atoms with Gasteiger partial charge in [0.15, 0.2) is 0 Å². The van der Waals surface area contributed by atoms with E-state index >= 15 is 0 Å². The van der Waals surface area contributed by atoms with Crippen LogP contribution in [-0.4, -0.2) is 33.6 Å². The fraction of sp³-hybridized carbons (Fsp3) is 0.189. The van der Waals surface area contributed by atoms with Crippen molar-refractivity contribution in [3.63, 3.8) is 0 Å². The van der Waals surface area contributed by atoms with Crippen LogP contribution < -0.4 is 9.47 Å². The summed E-state index contributed by atoms with van der Waals surface area (Å²) in [6.07, 6.45) is 1.36. The molecule has 0 spiro atoms. The van der Waals surface area contributed by atoms with Crippen LogP contribution >= 0.6 is 0 Å². The fourth-order valence-corrected chi connectivity index (χ4v) is 5.45. The van der Waals surface area contributed by atoms with E-state index in [2.05, 4.69) is 21.7 Å². The Morgan fingerprint density at radius 1 is 0.886 bits per heavy atom. The number of aliphatic carboxylic acids is 1. The minimum Gasteiger partial charge on any atom is -0.481 e. The van der Waals surface area contributed by atoms with Gasteiger partial charge in [-0.3, -0.25) is 9.69 Å². The molecule has 2 atom stereocenters. The maximum absolute atomic E-state index is 12.1. The Morgan fingerprint density at radius 2 is 1.55 bits per heavy atom. The van der Waals surface area contributed by atoms with Crippen molar-refractivity contribution in [2.45, 2.75) is 38.4 Å². The van der Waals surface area contributed by atoms with E-state index in [1.165, 1.54) is 0 Å². The molecule has 1 aromatic heterocycles. The largest absolute Gasteiger partial charge is 0.481 e. The van der Waals surface area contributed by atoms with Crippen molar-refractivity contribution in [3.8, 4) is 40.5 Å². The van der Waals surface area contributed by atoms with E-state index in [1.807, 2.05) is 116 Å². The molecule has 4 aromatic carbocycles. The van der Waals surface area contributed by atoms with Crippen molar-refractivity contribution in [2.75, 3.05) is 6.61 Å². The quantitative estimate of drug-likeness (QED) is 0.178. The summed E-state index contributed by atoms with van der Waals surface area (Å²) in [5, 5.41) is 9.95. The summed E-state index contributed by atoms with van der Waals surface area (Å²) in [6, 6.07) is 34.4.